The molecule has 1 unspecified atom stereocenters. The third kappa shape index (κ3) is 5.38. The van der Waals surface area contributed by atoms with Gasteiger partial charge in [0.15, 0.2) is 5.76 Å². The standard InChI is InChI=1S/C22H26N4O6/c1-13(12-31-3)23-22(28)21-14(2)20-17(5-4-6-18(20)32-21)24-25-19(27)11-15-7-9-16(10-8-15)26(29)30/h7-10,13H,4-6,11-12H2,1-3H3,(H,23,28)(H,25,27)/b24-17+. The molecule has 1 heterocycles. The monoisotopic (exact) mass is 442 g/mol. The molecule has 10 nitrogen and oxygen atoms in total. The highest BCUT2D eigenvalue weighted by molar-refractivity contribution is 6.06. The number of amides is 2. The topological polar surface area (TPSA) is 136 Å². The summed E-state index contributed by atoms with van der Waals surface area (Å²) in [5.41, 5.74) is 5.27. The summed E-state index contributed by atoms with van der Waals surface area (Å²) in [4.78, 5) is 35.2. The largest absolute Gasteiger partial charge is 0.455 e. The molecule has 32 heavy (non-hydrogen) atoms. The number of rotatable bonds is 8. The van der Waals surface area contributed by atoms with Crippen LogP contribution in [0.5, 0.6) is 0 Å². The molecule has 0 saturated heterocycles. The van der Waals surface area contributed by atoms with Gasteiger partial charge in [-0.15, -0.1) is 0 Å². The van der Waals surface area contributed by atoms with Gasteiger partial charge in [0.25, 0.3) is 11.6 Å². The van der Waals surface area contributed by atoms with Crippen molar-refractivity contribution in [2.75, 3.05) is 13.7 Å². The zero-order valence-corrected chi connectivity index (χ0v) is 18.3. The fourth-order valence-corrected chi connectivity index (χ4v) is 3.67. The number of furan rings is 1. The number of hydrogen-bond donors (Lipinski definition) is 2. The van der Waals surface area contributed by atoms with Crippen molar-refractivity contribution in [2.45, 2.75) is 45.6 Å². The van der Waals surface area contributed by atoms with Gasteiger partial charge in [0.2, 0.25) is 5.91 Å². The van der Waals surface area contributed by atoms with Gasteiger partial charge in [0, 0.05) is 42.8 Å². The van der Waals surface area contributed by atoms with E-state index in [0.717, 1.165) is 12.0 Å². The Morgan fingerprint density at radius 3 is 2.66 bits per heavy atom. The van der Waals surface area contributed by atoms with E-state index in [0.29, 0.717) is 42.0 Å². The minimum Gasteiger partial charge on any atom is -0.455 e. The van der Waals surface area contributed by atoms with Crippen molar-refractivity contribution in [3.63, 3.8) is 0 Å². The third-order valence-corrected chi connectivity index (χ3v) is 5.15. The molecule has 1 aliphatic rings. The van der Waals surface area contributed by atoms with E-state index >= 15 is 0 Å². The van der Waals surface area contributed by atoms with Gasteiger partial charge >= 0.3 is 0 Å². The second-order valence-corrected chi connectivity index (χ2v) is 7.73. The second-order valence-electron chi connectivity index (χ2n) is 7.73. The van der Waals surface area contributed by atoms with E-state index in [9.17, 15) is 19.7 Å². The summed E-state index contributed by atoms with van der Waals surface area (Å²) in [6, 6.07) is 5.63. The minimum absolute atomic E-state index is 0.0315. The molecule has 0 bridgehead atoms. The van der Waals surface area contributed by atoms with Crippen molar-refractivity contribution >= 4 is 23.2 Å². The fraction of sp³-hybridized carbons (Fsp3) is 0.409. The Hall–Kier alpha value is -3.53. The number of carbonyl (C=O) groups excluding carboxylic acids is 2. The van der Waals surface area contributed by atoms with E-state index in [1.54, 1.807) is 26.2 Å². The van der Waals surface area contributed by atoms with E-state index in [1.807, 2.05) is 6.92 Å². The molecular weight excluding hydrogens is 416 g/mol. The molecule has 1 aromatic heterocycles. The smallest absolute Gasteiger partial charge is 0.287 e. The predicted octanol–water partition coefficient (Wildman–Crippen LogP) is 2.66. The van der Waals surface area contributed by atoms with Crippen LogP contribution < -0.4 is 10.7 Å². The van der Waals surface area contributed by atoms with Crippen LogP contribution in [-0.4, -0.2) is 42.2 Å². The number of aryl methyl sites for hydroxylation is 1. The Morgan fingerprint density at radius 1 is 1.28 bits per heavy atom. The van der Waals surface area contributed by atoms with Gasteiger partial charge in [-0.25, -0.2) is 5.43 Å². The van der Waals surface area contributed by atoms with E-state index in [1.165, 1.54) is 12.1 Å². The number of hydrazone groups is 1. The maximum atomic E-state index is 12.6. The van der Waals surface area contributed by atoms with Crippen molar-refractivity contribution in [1.29, 1.82) is 0 Å². The van der Waals surface area contributed by atoms with Crippen LogP contribution in [0.3, 0.4) is 0 Å². The number of nitro groups is 1. The highest BCUT2D eigenvalue weighted by Gasteiger charge is 2.28. The van der Waals surface area contributed by atoms with Gasteiger partial charge < -0.3 is 14.5 Å². The molecular formula is C22H26N4O6. The van der Waals surface area contributed by atoms with Crippen LogP contribution in [0, 0.1) is 17.0 Å². The lowest BCUT2D eigenvalue weighted by Crippen LogP contribution is -2.35. The Balaban J connectivity index is 1.71. The van der Waals surface area contributed by atoms with Crippen LogP contribution >= 0.6 is 0 Å². The van der Waals surface area contributed by atoms with Gasteiger partial charge in [-0.05, 0) is 32.3 Å². The highest BCUT2D eigenvalue weighted by atomic mass is 16.6. The Morgan fingerprint density at radius 2 is 2.00 bits per heavy atom. The maximum absolute atomic E-state index is 12.6. The molecule has 2 amide bonds. The first-order chi connectivity index (χ1) is 15.3. The van der Waals surface area contributed by atoms with Crippen LogP contribution in [0.4, 0.5) is 5.69 Å². The molecule has 2 aromatic rings. The summed E-state index contributed by atoms with van der Waals surface area (Å²) in [6.07, 6.45) is 2.16. The Kier molecular flexibility index (Phi) is 7.37. The average molecular weight is 442 g/mol. The maximum Gasteiger partial charge on any atom is 0.287 e. The van der Waals surface area contributed by atoms with Crippen molar-refractivity contribution in [3.8, 4) is 0 Å². The number of hydrogen-bond acceptors (Lipinski definition) is 7. The van der Waals surface area contributed by atoms with Crippen LogP contribution in [-0.2, 0) is 22.4 Å². The molecule has 0 aliphatic heterocycles. The highest BCUT2D eigenvalue weighted by Crippen LogP contribution is 2.30. The van der Waals surface area contributed by atoms with Gasteiger partial charge in [0.05, 0.1) is 23.7 Å². The van der Waals surface area contributed by atoms with Gasteiger partial charge in [-0.3, -0.25) is 19.7 Å². The van der Waals surface area contributed by atoms with Crippen molar-refractivity contribution in [1.82, 2.24) is 10.7 Å². The number of nitrogens with one attached hydrogen (secondary N) is 2. The summed E-state index contributed by atoms with van der Waals surface area (Å²) < 4.78 is 10.9. The molecule has 0 spiro atoms. The van der Waals surface area contributed by atoms with Crippen molar-refractivity contribution in [3.05, 3.63) is 62.6 Å². The summed E-state index contributed by atoms with van der Waals surface area (Å²) in [7, 11) is 1.57. The molecule has 2 N–H and O–H groups in total. The Labute approximate surface area is 185 Å². The van der Waals surface area contributed by atoms with Crippen LogP contribution in [0.15, 0.2) is 33.8 Å². The zero-order valence-electron chi connectivity index (χ0n) is 18.3. The van der Waals surface area contributed by atoms with Crippen molar-refractivity contribution in [2.24, 2.45) is 5.10 Å². The number of benzene rings is 1. The normalized spacial score (nSPS) is 15.2. The lowest BCUT2D eigenvalue weighted by molar-refractivity contribution is -0.384. The van der Waals surface area contributed by atoms with Gasteiger partial charge in [0.1, 0.15) is 5.76 Å². The van der Waals surface area contributed by atoms with Crippen LogP contribution in [0.25, 0.3) is 0 Å². The van der Waals surface area contributed by atoms with Crippen LogP contribution in [0.2, 0.25) is 0 Å². The fourth-order valence-electron chi connectivity index (χ4n) is 3.67. The number of non-ortho nitro benzene ring substituents is 1. The lowest BCUT2D eigenvalue weighted by atomic mass is 9.93. The van der Waals surface area contributed by atoms with Gasteiger partial charge in [-0.1, -0.05) is 12.1 Å². The Bertz CT molecular complexity index is 1040. The number of nitrogens with zero attached hydrogens (tertiary/aromatic N) is 2. The van der Waals surface area contributed by atoms with E-state index in [-0.39, 0.29) is 35.7 Å². The number of carbonyl (C=O) groups is 2. The van der Waals surface area contributed by atoms with E-state index in [4.69, 9.17) is 9.15 Å². The summed E-state index contributed by atoms with van der Waals surface area (Å²) >= 11 is 0. The zero-order chi connectivity index (χ0) is 23.3. The first-order valence-corrected chi connectivity index (χ1v) is 10.3. The third-order valence-electron chi connectivity index (χ3n) is 5.15. The number of nitro benzene ring substituents is 1. The summed E-state index contributed by atoms with van der Waals surface area (Å²) in [5, 5.41) is 17.9. The summed E-state index contributed by atoms with van der Waals surface area (Å²) in [6.45, 7) is 4.03. The van der Waals surface area contributed by atoms with E-state index in [2.05, 4.69) is 15.8 Å². The molecule has 0 radical (unpaired) electrons. The molecule has 1 atom stereocenters. The van der Waals surface area contributed by atoms with Crippen LogP contribution in [0.1, 0.15) is 52.8 Å². The van der Waals surface area contributed by atoms with Gasteiger partial charge in [-0.2, -0.15) is 5.10 Å². The molecule has 0 saturated carbocycles. The molecule has 0 fully saturated rings. The number of fused-ring (bicyclic) bond motifs is 1. The number of ether oxygens (including phenoxy) is 1. The second kappa shape index (κ2) is 10.2. The first-order valence-electron chi connectivity index (χ1n) is 10.3. The SMILES string of the molecule is COCC(C)NC(=O)c1oc2c(c1C)/C(=N/NC(=O)Cc1ccc([N+](=O)[O-])cc1)CCC2. The minimum atomic E-state index is -0.490. The molecule has 1 aromatic carbocycles. The first kappa shape index (κ1) is 23.1. The summed E-state index contributed by atoms with van der Waals surface area (Å²) in [5.74, 6) is 0.264. The molecule has 10 heteroatoms. The quantitative estimate of drug-likeness (QED) is 0.476. The average Bonchev–Trinajstić information content (AvgIpc) is 3.10. The van der Waals surface area contributed by atoms with Crippen molar-refractivity contribution < 1.29 is 23.7 Å². The molecule has 3 rings (SSSR count). The molecule has 1 aliphatic carbocycles. The van der Waals surface area contributed by atoms with E-state index < -0.39 is 4.92 Å². The predicted molar refractivity (Wildman–Crippen MR) is 117 cm³/mol. The number of methoxy groups -OCH3 is 1. The molecule has 170 valence electrons. The lowest BCUT2D eigenvalue weighted by Gasteiger charge is -2.13.